The molecule has 18 heavy (non-hydrogen) atoms. The molecule has 0 radical (unpaired) electrons. The molecule has 1 N–H and O–H groups in total. The molecule has 0 spiro atoms. The maximum atomic E-state index is 12.3. The van der Waals surface area contributed by atoms with Crippen LogP contribution in [0.3, 0.4) is 0 Å². The quantitative estimate of drug-likeness (QED) is 0.812. The summed E-state index contributed by atoms with van der Waals surface area (Å²) in [5.41, 5.74) is 0.791. The fourth-order valence-electron chi connectivity index (χ4n) is 2.31. The number of hydrogen-bond donors (Lipinski definition) is 1. The molecule has 0 bridgehead atoms. The predicted octanol–water partition coefficient (Wildman–Crippen LogP) is 2.51. The van der Waals surface area contributed by atoms with Crippen LogP contribution in [-0.2, 0) is 0 Å². The van der Waals surface area contributed by atoms with Crippen LogP contribution in [0.2, 0.25) is 0 Å². The topological polar surface area (TPSA) is 38.3 Å². The third-order valence-corrected chi connectivity index (χ3v) is 3.47. The summed E-state index contributed by atoms with van der Waals surface area (Å²) in [6.45, 7) is 6.66. The van der Waals surface area contributed by atoms with Gasteiger partial charge in [-0.25, -0.2) is 0 Å². The second-order valence-electron chi connectivity index (χ2n) is 4.98. The van der Waals surface area contributed by atoms with Gasteiger partial charge in [0.25, 0.3) is 0 Å². The molecule has 2 rings (SSSR count). The summed E-state index contributed by atoms with van der Waals surface area (Å²) in [6.07, 6.45) is 0.992. The minimum Gasteiger partial charge on any atom is -0.494 e. The van der Waals surface area contributed by atoms with E-state index in [4.69, 9.17) is 4.74 Å². The van der Waals surface area contributed by atoms with Crippen molar-refractivity contribution in [1.82, 2.24) is 5.32 Å². The summed E-state index contributed by atoms with van der Waals surface area (Å²) in [7, 11) is 0. The van der Waals surface area contributed by atoms with E-state index in [1.54, 1.807) is 0 Å². The zero-order chi connectivity index (χ0) is 13.0. The Kier molecular flexibility index (Phi) is 4.37. The van der Waals surface area contributed by atoms with Crippen LogP contribution in [0.15, 0.2) is 24.3 Å². The summed E-state index contributed by atoms with van der Waals surface area (Å²) >= 11 is 0. The van der Waals surface area contributed by atoms with E-state index in [0.29, 0.717) is 5.92 Å². The number of Topliss-reactive ketones (excluding diaryl/α,β-unsaturated/α-hetero) is 1. The van der Waals surface area contributed by atoms with E-state index in [9.17, 15) is 4.79 Å². The molecule has 0 aliphatic carbocycles. The van der Waals surface area contributed by atoms with Crippen molar-refractivity contribution in [2.45, 2.75) is 20.3 Å². The molecule has 1 aromatic carbocycles. The lowest BCUT2D eigenvalue weighted by Gasteiger charge is -2.13. The van der Waals surface area contributed by atoms with Crippen LogP contribution in [0.5, 0.6) is 5.75 Å². The average molecular weight is 247 g/mol. The lowest BCUT2D eigenvalue weighted by molar-refractivity contribution is 0.0907. The van der Waals surface area contributed by atoms with E-state index in [2.05, 4.69) is 19.2 Å². The van der Waals surface area contributed by atoms with Crippen LogP contribution in [0.4, 0.5) is 0 Å². The zero-order valence-electron chi connectivity index (χ0n) is 11.1. The van der Waals surface area contributed by atoms with Crippen molar-refractivity contribution in [1.29, 1.82) is 0 Å². The Hall–Kier alpha value is -1.35. The number of nitrogens with one attached hydrogen (secondary N) is 1. The molecular formula is C15H21NO2. The van der Waals surface area contributed by atoms with Crippen LogP contribution in [0, 0.1) is 11.8 Å². The Labute approximate surface area is 109 Å². The standard InChI is InChI=1S/C15H21NO2/c1-3-8-18-13-6-4-12(5-7-13)15(17)14-10-16-9-11(14)2/h4-7,11,14,16H,3,8-10H2,1-2H3. The van der Waals surface area contributed by atoms with Gasteiger partial charge in [-0.2, -0.15) is 0 Å². The Morgan fingerprint density at radius 2 is 2.06 bits per heavy atom. The highest BCUT2D eigenvalue weighted by atomic mass is 16.5. The minimum absolute atomic E-state index is 0.118. The maximum Gasteiger partial charge on any atom is 0.167 e. The van der Waals surface area contributed by atoms with Gasteiger partial charge in [-0.05, 0) is 43.1 Å². The molecule has 0 aromatic heterocycles. The maximum absolute atomic E-state index is 12.3. The van der Waals surface area contributed by atoms with Gasteiger partial charge in [-0.15, -0.1) is 0 Å². The Morgan fingerprint density at radius 1 is 1.33 bits per heavy atom. The van der Waals surface area contributed by atoms with Crippen molar-refractivity contribution < 1.29 is 9.53 Å². The molecular weight excluding hydrogens is 226 g/mol. The number of hydrogen-bond acceptors (Lipinski definition) is 3. The third kappa shape index (κ3) is 2.91. The summed E-state index contributed by atoms with van der Waals surface area (Å²) in [5.74, 6) is 1.63. The minimum atomic E-state index is 0.118. The Morgan fingerprint density at radius 3 is 2.61 bits per heavy atom. The van der Waals surface area contributed by atoms with Crippen LogP contribution in [0.1, 0.15) is 30.6 Å². The zero-order valence-corrected chi connectivity index (χ0v) is 11.1. The molecule has 3 nitrogen and oxygen atoms in total. The molecule has 1 aliphatic heterocycles. The monoisotopic (exact) mass is 247 g/mol. The van der Waals surface area contributed by atoms with E-state index in [0.717, 1.165) is 37.4 Å². The van der Waals surface area contributed by atoms with Crippen molar-refractivity contribution >= 4 is 5.78 Å². The summed E-state index contributed by atoms with van der Waals surface area (Å²) in [5, 5.41) is 3.27. The molecule has 1 heterocycles. The molecule has 1 aliphatic rings. The Bertz CT molecular complexity index is 399. The first-order valence-corrected chi connectivity index (χ1v) is 6.70. The van der Waals surface area contributed by atoms with Gasteiger partial charge in [-0.3, -0.25) is 4.79 Å². The van der Waals surface area contributed by atoms with Gasteiger partial charge in [0, 0.05) is 18.0 Å². The van der Waals surface area contributed by atoms with Crippen LogP contribution < -0.4 is 10.1 Å². The predicted molar refractivity (Wildman–Crippen MR) is 72.1 cm³/mol. The molecule has 3 heteroatoms. The van der Waals surface area contributed by atoms with Crippen molar-refractivity contribution in [2.75, 3.05) is 19.7 Å². The van der Waals surface area contributed by atoms with Gasteiger partial charge in [0.2, 0.25) is 0 Å². The fraction of sp³-hybridized carbons (Fsp3) is 0.533. The third-order valence-electron chi connectivity index (χ3n) is 3.47. The molecule has 1 fully saturated rings. The van der Waals surface area contributed by atoms with Crippen LogP contribution >= 0.6 is 0 Å². The van der Waals surface area contributed by atoms with Gasteiger partial charge in [0.15, 0.2) is 5.78 Å². The van der Waals surface area contributed by atoms with Gasteiger partial charge in [-0.1, -0.05) is 13.8 Å². The SMILES string of the molecule is CCCOc1ccc(C(=O)C2CNCC2C)cc1. The highest BCUT2D eigenvalue weighted by Crippen LogP contribution is 2.22. The molecule has 2 unspecified atom stereocenters. The van der Waals surface area contributed by atoms with E-state index < -0.39 is 0 Å². The second-order valence-corrected chi connectivity index (χ2v) is 4.98. The molecule has 1 saturated heterocycles. The first-order valence-electron chi connectivity index (χ1n) is 6.70. The summed E-state index contributed by atoms with van der Waals surface area (Å²) in [6, 6.07) is 7.52. The first kappa shape index (κ1) is 13.1. The summed E-state index contributed by atoms with van der Waals surface area (Å²) < 4.78 is 5.51. The van der Waals surface area contributed by atoms with Crippen molar-refractivity contribution in [3.8, 4) is 5.75 Å². The number of rotatable bonds is 5. The van der Waals surface area contributed by atoms with E-state index in [-0.39, 0.29) is 11.7 Å². The number of carbonyl (C=O) groups excluding carboxylic acids is 1. The highest BCUT2D eigenvalue weighted by Gasteiger charge is 2.29. The number of ketones is 1. The van der Waals surface area contributed by atoms with E-state index >= 15 is 0 Å². The van der Waals surface area contributed by atoms with Crippen LogP contribution in [-0.4, -0.2) is 25.5 Å². The van der Waals surface area contributed by atoms with Crippen molar-refractivity contribution in [3.05, 3.63) is 29.8 Å². The van der Waals surface area contributed by atoms with Gasteiger partial charge < -0.3 is 10.1 Å². The smallest absolute Gasteiger partial charge is 0.167 e. The average Bonchev–Trinajstić information content (AvgIpc) is 2.82. The molecule has 1 aromatic rings. The fourth-order valence-corrected chi connectivity index (χ4v) is 2.31. The van der Waals surface area contributed by atoms with Gasteiger partial charge in [0.1, 0.15) is 5.75 Å². The van der Waals surface area contributed by atoms with Gasteiger partial charge in [0.05, 0.1) is 6.61 Å². The van der Waals surface area contributed by atoms with Crippen LogP contribution in [0.25, 0.3) is 0 Å². The first-order chi connectivity index (χ1) is 8.72. The number of carbonyl (C=O) groups is 1. The molecule has 2 atom stereocenters. The molecule has 98 valence electrons. The van der Waals surface area contributed by atoms with E-state index in [1.807, 2.05) is 24.3 Å². The normalized spacial score (nSPS) is 23.0. The number of ether oxygens (including phenoxy) is 1. The highest BCUT2D eigenvalue weighted by molar-refractivity contribution is 5.98. The van der Waals surface area contributed by atoms with Crippen molar-refractivity contribution in [3.63, 3.8) is 0 Å². The Balaban J connectivity index is 2.02. The molecule has 0 amide bonds. The molecule has 0 saturated carbocycles. The lowest BCUT2D eigenvalue weighted by atomic mass is 9.90. The lowest BCUT2D eigenvalue weighted by Crippen LogP contribution is -2.21. The summed E-state index contributed by atoms with van der Waals surface area (Å²) in [4.78, 5) is 12.3. The van der Waals surface area contributed by atoms with Crippen molar-refractivity contribution in [2.24, 2.45) is 11.8 Å². The largest absolute Gasteiger partial charge is 0.494 e. The number of benzene rings is 1. The second kappa shape index (κ2) is 6.01. The van der Waals surface area contributed by atoms with Gasteiger partial charge >= 0.3 is 0 Å². The van der Waals surface area contributed by atoms with E-state index in [1.165, 1.54) is 0 Å².